The van der Waals surface area contributed by atoms with E-state index >= 15 is 0 Å². The first kappa shape index (κ1) is 17.7. The topological polar surface area (TPSA) is 59.2 Å². The smallest absolute Gasteiger partial charge is 0.257 e. The van der Waals surface area contributed by atoms with Crippen LogP contribution >= 0.6 is 11.6 Å². The molecule has 1 saturated heterocycles. The van der Waals surface area contributed by atoms with Gasteiger partial charge in [-0.1, -0.05) is 54.0 Å². The van der Waals surface area contributed by atoms with E-state index in [0.29, 0.717) is 36.2 Å². The second kappa shape index (κ2) is 7.53. The zero-order valence-electron chi connectivity index (χ0n) is 15.1. The number of aromatic nitrogens is 2. The molecule has 0 N–H and O–H groups in total. The van der Waals surface area contributed by atoms with Gasteiger partial charge in [0, 0.05) is 36.0 Å². The van der Waals surface area contributed by atoms with Gasteiger partial charge in [-0.05, 0) is 35.7 Å². The highest BCUT2D eigenvalue weighted by atomic mass is 35.5. The molecule has 1 unspecified atom stereocenters. The summed E-state index contributed by atoms with van der Waals surface area (Å²) in [5, 5.41) is 4.71. The van der Waals surface area contributed by atoms with E-state index in [1.165, 1.54) is 5.56 Å². The lowest BCUT2D eigenvalue weighted by Gasteiger charge is -2.16. The summed E-state index contributed by atoms with van der Waals surface area (Å²) in [6.45, 7) is 3.34. The van der Waals surface area contributed by atoms with Crippen molar-refractivity contribution < 1.29 is 9.32 Å². The highest BCUT2D eigenvalue weighted by molar-refractivity contribution is 6.30. The molecular weight excluding hydrogens is 362 g/mol. The molecule has 0 bridgehead atoms. The maximum Gasteiger partial charge on any atom is 0.257 e. The highest BCUT2D eigenvalue weighted by Gasteiger charge is 2.33. The molecule has 1 aromatic heterocycles. The van der Waals surface area contributed by atoms with Gasteiger partial charge in [0.15, 0.2) is 5.82 Å². The molecule has 138 valence electrons. The molecule has 2 aromatic carbocycles. The number of nitrogens with zero attached hydrogens (tertiary/aromatic N) is 3. The Bertz CT molecular complexity index is 952. The lowest BCUT2D eigenvalue weighted by molar-refractivity contribution is -0.128. The SMILES string of the molecule is CCc1ccc(CN2CC(c3noc(-c4cccc(Cl)c4)n3)CC2=O)cc1. The Labute approximate surface area is 163 Å². The van der Waals surface area contributed by atoms with Gasteiger partial charge in [-0.2, -0.15) is 4.98 Å². The molecule has 6 heteroatoms. The second-order valence-corrected chi connectivity index (χ2v) is 7.25. The van der Waals surface area contributed by atoms with Crippen molar-refractivity contribution in [1.29, 1.82) is 0 Å². The van der Waals surface area contributed by atoms with Crippen molar-refractivity contribution in [3.05, 3.63) is 70.5 Å². The van der Waals surface area contributed by atoms with Gasteiger partial charge >= 0.3 is 0 Å². The van der Waals surface area contributed by atoms with Crippen LogP contribution in [0, 0.1) is 0 Å². The summed E-state index contributed by atoms with van der Waals surface area (Å²) in [5.41, 5.74) is 3.21. The van der Waals surface area contributed by atoms with E-state index in [1.54, 1.807) is 12.1 Å². The van der Waals surface area contributed by atoms with E-state index in [2.05, 4.69) is 41.3 Å². The molecule has 1 aliphatic rings. The summed E-state index contributed by atoms with van der Waals surface area (Å²) in [5.74, 6) is 1.06. The summed E-state index contributed by atoms with van der Waals surface area (Å²) >= 11 is 6.02. The van der Waals surface area contributed by atoms with Crippen molar-refractivity contribution in [3.63, 3.8) is 0 Å². The quantitative estimate of drug-likeness (QED) is 0.654. The number of rotatable bonds is 5. The van der Waals surface area contributed by atoms with E-state index < -0.39 is 0 Å². The summed E-state index contributed by atoms with van der Waals surface area (Å²) in [7, 11) is 0. The molecule has 0 spiro atoms. The number of halogens is 1. The second-order valence-electron chi connectivity index (χ2n) is 6.81. The van der Waals surface area contributed by atoms with Gasteiger partial charge < -0.3 is 9.42 Å². The fraction of sp³-hybridized carbons (Fsp3) is 0.286. The number of hydrogen-bond acceptors (Lipinski definition) is 4. The van der Waals surface area contributed by atoms with Crippen LogP contribution in [0.25, 0.3) is 11.5 Å². The van der Waals surface area contributed by atoms with Crippen LogP contribution in [-0.4, -0.2) is 27.5 Å². The fourth-order valence-electron chi connectivity index (χ4n) is 3.34. The van der Waals surface area contributed by atoms with E-state index in [0.717, 1.165) is 17.5 Å². The Balaban J connectivity index is 1.46. The summed E-state index contributed by atoms with van der Waals surface area (Å²) < 4.78 is 5.38. The Hall–Kier alpha value is -2.66. The van der Waals surface area contributed by atoms with Crippen LogP contribution in [0.3, 0.4) is 0 Å². The van der Waals surface area contributed by atoms with Crippen molar-refractivity contribution in [3.8, 4) is 11.5 Å². The van der Waals surface area contributed by atoms with Crippen molar-refractivity contribution in [2.45, 2.75) is 32.2 Å². The lowest BCUT2D eigenvalue weighted by atomic mass is 10.1. The van der Waals surface area contributed by atoms with Gasteiger partial charge in [0.2, 0.25) is 5.91 Å². The van der Waals surface area contributed by atoms with Crippen LogP contribution in [0.4, 0.5) is 0 Å². The normalized spacial score (nSPS) is 16.9. The standard InChI is InChI=1S/C21H20ClN3O2/c1-2-14-6-8-15(9-7-14)12-25-13-17(11-19(25)26)20-23-21(27-24-20)16-4-3-5-18(22)10-16/h3-10,17H,2,11-13H2,1H3. The third-order valence-electron chi connectivity index (χ3n) is 4.90. The average molecular weight is 382 g/mol. The molecule has 27 heavy (non-hydrogen) atoms. The first-order chi connectivity index (χ1) is 13.1. The molecule has 1 amide bonds. The van der Waals surface area contributed by atoms with Gasteiger partial charge in [0.25, 0.3) is 5.89 Å². The minimum atomic E-state index is -0.0518. The molecule has 1 aliphatic heterocycles. The molecule has 3 aromatic rings. The van der Waals surface area contributed by atoms with Gasteiger partial charge in [0.1, 0.15) is 0 Å². The van der Waals surface area contributed by atoms with Crippen LogP contribution in [0.15, 0.2) is 53.1 Å². The van der Waals surface area contributed by atoms with Gasteiger partial charge in [-0.25, -0.2) is 0 Å². The van der Waals surface area contributed by atoms with Crippen molar-refractivity contribution in [1.82, 2.24) is 15.0 Å². The van der Waals surface area contributed by atoms with Gasteiger partial charge in [-0.15, -0.1) is 0 Å². The van der Waals surface area contributed by atoms with E-state index in [4.69, 9.17) is 16.1 Å². The van der Waals surface area contributed by atoms with E-state index in [9.17, 15) is 4.79 Å². The number of likely N-dealkylation sites (tertiary alicyclic amines) is 1. The molecule has 0 radical (unpaired) electrons. The Kier molecular flexibility index (Phi) is 4.94. The predicted octanol–water partition coefficient (Wildman–Crippen LogP) is 4.47. The zero-order chi connectivity index (χ0) is 18.8. The average Bonchev–Trinajstić information content (AvgIpc) is 3.30. The fourth-order valence-corrected chi connectivity index (χ4v) is 3.53. The number of hydrogen-bond donors (Lipinski definition) is 0. The van der Waals surface area contributed by atoms with Crippen LogP contribution in [0.5, 0.6) is 0 Å². The maximum atomic E-state index is 12.4. The monoisotopic (exact) mass is 381 g/mol. The lowest BCUT2D eigenvalue weighted by Crippen LogP contribution is -2.24. The third-order valence-corrected chi connectivity index (χ3v) is 5.13. The van der Waals surface area contributed by atoms with Crippen LogP contribution in [0.2, 0.25) is 5.02 Å². The molecule has 1 atom stereocenters. The summed E-state index contributed by atoms with van der Waals surface area (Å²) in [4.78, 5) is 18.8. The number of benzene rings is 2. The summed E-state index contributed by atoms with van der Waals surface area (Å²) in [6.07, 6.45) is 1.42. The Morgan fingerprint density at radius 1 is 1.19 bits per heavy atom. The van der Waals surface area contributed by atoms with E-state index in [-0.39, 0.29) is 11.8 Å². The molecule has 5 nitrogen and oxygen atoms in total. The molecular formula is C21H20ClN3O2. The minimum absolute atomic E-state index is 0.0518. The first-order valence-corrected chi connectivity index (χ1v) is 9.45. The zero-order valence-corrected chi connectivity index (χ0v) is 15.8. The minimum Gasteiger partial charge on any atom is -0.338 e. The highest BCUT2D eigenvalue weighted by Crippen LogP contribution is 2.29. The number of carbonyl (C=O) groups is 1. The first-order valence-electron chi connectivity index (χ1n) is 9.07. The van der Waals surface area contributed by atoms with Crippen molar-refractivity contribution in [2.24, 2.45) is 0 Å². The van der Waals surface area contributed by atoms with Crippen LogP contribution in [0.1, 0.15) is 36.2 Å². The van der Waals surface area contributed by atoms with Crippen LogP contribution < -0.4 is 0 Å². The Morgan fingerprint density at radius 2 is 1.96 bits per heavy atom. The number of amides is 1. The third kappa shape index (κ3) is 3.88. The number of aryl methyl sites for hydroxylation is 1. The number of carbonyl (C=O) groups excluding carboxylic acids is 1. The van der Waals surface area contributed by atoms with E-state index in [1.807, 2.05) is 17.0 Å². The maximum absolute atomic E-state index is 12.4. The van der Waals surface area contributed by atoms with Gasteiger partial charge in [-0.3, -0.25) is 4.79 Å². The van der Waals surface area contributed by atoms with Crippen LogP contribution in [-0.2, 0) is 17.8 Å². The largest absolute Gasteiger partial charge is 0.338 e. The molecule has 2 heterocycles. The van der Waals surface area contributed by atoms with Crippen molar-refractivity contribution in [2.75, 3.05) is 6.54 Å². The molecule has 1 fully saturated rings. The predicted molar refractivity (Wildman–Crippen MR) is 103 cm³/mol. The molecule has 4 rings (SSSR count). The van der Waals surface area contributed by atoms with Gasteiger partial charge in [0.05, 0.1) is 0 Å². The molecule has 0 aliphatic carbocycles. The Morgan fingerprint density at radius 3 is 2.70 bits per heavy atom. The molecule has 0 saturated carbocycles. The summed E-state index contributed by atoms with van der Waals surface area (Å²) in [6, 6.07) is 15.7. The van der Waals surface area contributed by atoms with Crippen molar-refractivity contribution >= 4 is 17.5 Å².